The van der Waals surface area contributed by atoms with Crippen LogP contribution in [-0.2, 0) is 4.79 Å². The molecule has 5 rings (SSSR count). The second kappa shape index (κ2) is 9.95. The van der Waals surface area contributed by atoms with E-state index in [-0.39, 0.29) is 41.0 Å². The number of hydrogen-bond acceptors (Lipinski definition) is 4. The van der Waals surface area contributed by atoms with Crippen molar-refractivity contribution in [1.82, 2.24) is 0 Å². The van der Waals surface area contributed by atoms with Crippen LogP contribution < -0.4 is 5.32 Å². The number of aliphatic hydroxyl groups excluding tert-OH is 3. The summed E-state index contributed by atoms with van der Waals surface area (Å²) in [5.41, 5.74) is 3.13. The van der Waals surface area contributed by atoms with E-state index in [4.69, 9.17) is 0 Å². The predicted molar refractivity (Wildman–Crippen MR) is 147 cm³/mol. The monoisotopic (exact) mass is 511 g/mol. The SMILES string of the molecule is Cc1ccc(NC(=O)CC[C@@H](C)[C@H]2CCC3C4C(C[C@H](O)[C@@]32C)[C@@]2(C)CC[C@@H](O)CC2C[C@H]4O)cc1C. The van der Waals surface area contributed by atoms with Crippen LogP contribution in [0.4, 0.5) is 5.69 Å². The van der Waals surface area contributed by atoms with Gasteiger partial charge < -0.3 is 20.6 Å². The zero-order valence-corrected chi connectivity index (χ0v) is 23.5. The van der Waals surface area contributed by atoms with Gasteiger partial charge in [0.2, 0.25) is 5.91 Å². The fourth-order valence-electron chi connectivity index (χ4n) is 9.73. The maximum atomic E-state index is 12.8. The molecule has 4 N–H and O–H groups in total. The standard InChI is InChI=1S/C32H49NO4/c1-18-6-8-22(14-20(18)3)33-29(37)11-7-19(2)24-9-10-25-30-26(17-28(36)32(24,25)5)31(4)13-12-23(34)15-21(31)16-27(30)35/h6,8,14,19,21,23-28,30,34-36H,7,9-13,15-17H2,1-5H3,(H,33,37)/t19-,21?,23-,24-,25?,26?,27-,28+,30?,31+,32-/m1/s1. The van der Waals surface area contributed by atoms with Crippen molar-refractivity contribution in [1.29, 1.82) is 0 Å². The van der Waals surface area contributed by atoms with Gasteiger partial charge in [-0.2, -0.15) is 0 Å². The van der Waals surface area contributed by atoms with Gasteiger partial charge in [-0.3, -0.25) is 4.79 Å². The zero-order chi connectivity index (χ0) is 26.7. The number of carbonyl (C=O) groups excluding carboxylic acids is 1. The summed E-state index contributed by atoms with van der Waals surface area (Å²) in [5.74, 6) is 1.96. The lowest BCUT2D eigenvalue weighted by atomic mass is 9.43. The van der Waals surface area contributed by atoms with Gasteiger partial charge in [0.25, 0.3) is 0 Å². The molecule has 4 saturated carbocycles. The number of rotatable bonds is 5. The lowest BCUT2D eigenvalue weighted by Gasteiger charge is -2.63. The van der Waals surface area contributed by atoms with Gasteiger partial charge in [0.05, 0.1) is 18.3 Å². The Morgan fingerprint density at radius 1 is 1.03 bits per heavy atom. The Morgan fingerprint density at radius 3 is 2.51 bits per heavy atom. The molecule has 1 aromatic rings. The van der Waals surface area contributed by atoms with E-state index in [0.717, 1.165) is 57.1 Å². The predicted octanol–water partition coefficient (Wildman–Crippen LogP) is 5.62. The summed E-state index contributed by atoms with van der Waals surface area (Å²) in [6.45, 7) is 11.1. The maximum absolute atomic E-state index is 12.8. The molecule has 37 heavy (non-hydrogen) atoms. The third-order valence-corrected chi connectivity index (χ3v) is 12.1. The Hall–Kier alpha value is -1.43. The number of amides is 1. The molecule has 4 unspecified atom stereocenters. The van der Waals surface area contributed by atoms with Gasteiger partial charge in [0.1, 0.15) is 0 Å². The summed E-state index contributed by atoms with van der Waals surface area (Å²) in [4.78, 5) is 12.8. The first kappa shape index (κ1) is 27.1. The fraction of sp³-hybridized carbons (Fsp3) is 0.781. The minimum absolute atomic E-state index is 0.0558. The number of hydrogen-bond donors (Lipinski definition) is 4. The molecular weight excluding hydrogens is 462 g/mol. The van der Waals surface area contributed by atoms with Gasteiger partial charge in [-0.1, -0.05) is 26.8 Å². The normalized spacial score (nSPS) is 43.9. The van der Waals surface area contributed by atoms with Crippen LogP contribution in [0.2, 0.25) is 0 Å². The van der Waals surface area contributed by atoms with Crippen molar-refractivity contribution >= 4 is 11.6 Å². The number of carbonyl (C=O) groups is 1. The van der Waals surface area contributed by atoms with E-state index in [2.05, 4.69) is 39.9 Å². The highest BCUT2D eigenvalue weighted by molar-refractivity contribution is 5.90. The van der Waals surface area contributed by atoms with Gasteiger partial charge >= 0.3 is 0 Å². The van der Waals surface area contributed by atoms with Gasteiger partial charge in [0, 0.05) is 12.1 Å². The largest absolute Gasteiger partial charge is 0.393 e. The van der Waals surface area contributed by atoms with Gasteiger partial charge in [-0.25, -0.2) is 0 Å². The Labute approximate surface area is 223 Å². The second-order valence-electron chi connectivity index (χ2n) is 13.9. The average Bonchev–Trinajstić information content (AvgIpc) is 3.20. The van der Waals surface area contributed by atoms with E-state index in [1.165, 1.54) is 11.1 Å². The highest BCUT2D eigenvalue weighted by Crippen LogP contribution is 2.68. The first-order valence-corrected chi connectivity index (χ1v) is 14.9. The zero-order valence-electron chi connectivity index (χ0n) is 23.5. The molecular formula is C32H49NO4. The van der Waals surface area contributed by atoms with Crippen molar-refractivity contribution in [3.63, 3.8) is 0 Å². The first-order valence-electron chi connectivity index (χ1n) is 14.9. The lowest BCUT2D eigenvalue weighted by Crippen LogP contribution is -2.62. The summed E-state index contributed by atoms with van der Waals surface area (Å²) >= 11 is 0. The van der Waals surface area contributed by atoms with Crippen molar-refractivity contribution in [2.24, 2.45) is 46.3 Å². The molecule has 0 radical (unpaired) electrons. The van der Waals surface area contributed by atoms with E-state index < -0.39 is 0 Å². The molecule has 0 saturated heterocycles. The molecule has 1 aromatic carbocycles. The van der Waals surface area contributed by atoms with E-state index in [9.17, 15) is 20.1 Å². The van der Waals surface area contributed by atoms with E-state index >= 15 is 0 Å². The number of nitrogens with one attached hydrogen (secondary N) is 1. The molecule has 4 fully saturated rings. The number of aryl methyl sites for hydroxylation is 2. The highest BCUT2D eigenvalue weighted by Gasteiger charge is 2.65. The van der Waals surface area contributed by atoms with Gasteiger partial charge in [-0.05, 0) is 135 Å². The molecule has 11 atom stereocenters. The molecule has 4 aliphatic rings. The van der Waals surface area contributed by atoms with Crippen molar-refractivity contribution in [2.45, 2.75) is 111 Å². The molecule has 4 aliphatic carbocycles. The van der Waals surface area contributed by atoms with Crippen molar-refractivity contribution in [3.8, 4) is 0 Å². The Bertz CT molecular complexity index is 1010. The van der Waals surface area contributed by atoms with Crippen LogP contribution in [0, 0.1) is 60.2 Å². The first-order chi connectivity index (χ1) is 17.4. The summed E-state index contributed by atoms with van der Waals surface area (Å²) in [6, 6.07) is 6.04. The third kappa shape index (κ3) is 4.57. The molecule has 206 valence electrons. The molecule has 0 aromatic heterocycles. The number of anilines is 1. The maximum Gasteiger partial charge on any atom is 0.224 e. The Kier molecular flexibility index (Phi) is 7.30. The summed E-state index contributed by atoms with van der Waals surface area (Å²) in [5, 5.41) is 36.6. The Balaban J connectivity index is 1.27. The average molecular weight is 512 g/mol. The number of benzene rings is 1. The van der Waals surface area contributed by atoms with Crippen LogP contribution in [0.25, 0.3) is 0 Å². The quantitative estimate of drug-likeness (QED) is 0.413. The summed E-state index contributed by atoms with van der Waals surface area (Å²) in [7, 11) is 0. The van der Waals surface area contributed by atoms with Crippen LogP contribution in [-0.4, -0.2) is 39.5 Å². The summed E-state index contributed by atoms with van der Waals surface area (Å²) in [6.07, 6.45) is 6.62. The Morgan fingerprint density at radius 2 is 1.78 bits per heavy atom. The molecule has 0 aliphatic heterocycles. The summed E-state index contributed by atoms with van der Waals surface area (Å²) < 4.78 is 0. The minimum Gasteiger partial charge on any atom is -0.393 e. The number of fused-ring (bicyclic) bond motifs is 5. The molecule has 0 heterocycles. The van der Waals surface area contributed by atoms with Crippen molar-refractivity contribution < 1.29 is 20.1 Å². The smallest absolute Gasteiger partial charge is 0.224 e. The third-order valence-electron chi connectivity index (χ3n) is 12.1. The van der Waals surface area contributed by atoms with Crippen LogP contribution >= 0.6 is 0 Å². The molecule has 0 bridgehead atoms. The molecule has 1 amide bonds. The van der Waals surface area contributed by atoms with E-state index in [1.807, 2.05) is 18.2 Å². The fourth-order valence-corrected chi connectivity index (χ4v) is 9.73. The van der Waals surface area contributed by atoms with Gasteiger partial charge in [-0.15, -0.1) is 0 Å². The van der Waals surface area contributed by atoms with E-state index in [0.29, 0.717) is 36.0 Å². The van der Waals surface area contributed by atoms with Crippen LogP contribution in [0.5, 0.6) is 0 Å². The minimum atomic E-state index is -0.382. The van der Waals surface area contributed by atoms with Crippen LogP contribution in [0.15, 0.2) is 18.2 Å². The molecule has 5 heteroatoms. The molecule has 5 nitrogen and oxygen atoms in total. The highest BCUT2D eigenvalue weighted by atomic mass is 16.3. The second-order valence-corrected chi connectivity index (χ2v) is 13.9. The lowest BCUT2D eigenvalue weighted by molar-refractivity contribution is -0.207. The topological polar surface area (TPSA) is 89.8 Å². The van der Waals surface area contributed by atoms with Crippen molar-refractivity contribution in [2.75, 3.05) is 5.32 Å². The molecule has 0 spiro atoms. The van der Waals surface area contributed by atoms with Crippen LogP contribution in [0.1, 0.15) is 89.7 Å². The number of aliphatic hydroxyl groups is 3. The van der Waals surface area contributed by atoms with E-state index in [1.54, 1.807) is 0 Å². The van der Waals surface area contributed by atoms with Crippen LogP contribution in [0.3, 0.4) is 0 Å². The van der Waals surface area contributed by atoms with Crippen molar-refractivity contribution in [3.05, 3.63) is 29.3 Å². The van der Waals surface area contributed by atoms with Gasteiger partial charge in [0.15, 0.2) is 0 Å².